The largest absolute Gasteiger partial charge is 0.486 e. The highest BCUT2D eigenvalue weighted by Crippen LogP contribution is 2.25. The fourth-order valence-corrected chi connectivity index (χ4v) is 1.75. The number of rotatable bonds is 3. The molecular formula is C11H14N2O4. The second kappa shape index (κ2) is 4.68. The zero-order chi connectivity index (χ0) is 12.4. The van der Waals surface area contributed by atoms with E-state index in [4.69, 9.17) is 4.74 Å². The summed E-state index contributed by atoms with van der Waals surface area (Å²) in [5, 5.41) is 23.2. The number of hydrogen-bond donors (Lipinski definition) is 2. The average molecular weight is 238 g/mol. The van der Waals surface area contributed by atoms with Gasteiger partial charge in [0.1, 0.15) is 18.0 Å². The summed E-state index contributed by atoms with van der Waals surface area (Å²) < 4.78 is 5.59. The van der Waals surface area contributed by atoms with Crippen LogP contribution in [0.5, 0.6) is 5.75 Å². The highest BCUT2D eigenvalue weighted by Gasteiger charge is 2.27. The Morgan fingerprint density at radius 2 is 2.29 bits per heavy atom. The predicted molar refractivity (Wildman–Crippen MR) is 61.1 cm³/mol. The van der Waals surface area contributed by atoms with Crippen molar-refractivity contribution in [1.82, 2.24) is 5.32 Å². The minimum absolute atomic E-state index is 0.00829. The Hall–Kier alpha value is -1.66. The molecule has 0 bridgehead atoms. The number of β-amino-alcohol motifs (C(OH)–C–C–N with tert-alkyl or cyclic N) is 1. The van der Waals surface area contributed by atoms with Crippen LogP contribution in [0.15, 0.2) is 18.2 Å². The molecule has 2 N–H and O–H groups in total. The number of aliphatic hydroxyl groups excluding tert-OH is 1. The minimum Gasteiger partial charge on any atom is -0.486 e. The van der Waals surface area contributed by atoms with Gasteiger partial charge >= 0.3 is 0 Å². The molecule has 0 radical (unpaired) electrons. The summed E-state index contributed by atoms with van der Waals surface area (Å²) in [5.41, 5.74) is 0.806. The molecule has 1 aliphatic heterocycles. The smallest absolute Gasteiger partial charge is 0.273 e. The zero-order valence-electron chi connectivity index (χ0n) is 9.42. The maximum atomic E-state index is 10.7. The molecule has 0 saturated carbocycles. The number of nitro groups is 1. The molecular weight excluding hydrogens is 224 g/mol. The second-order valence-electron chi connectivity index (χ2n) is 4.09. The van der Waals surface area contributed by atoms with Crippen LogP contribution in [0, 0.1) is 17.0 Å². The van der Waals surface area contributed by atoms with Crippen LogP contribution in [0.3, 0.4) is 0 Å². The summed E-state index contributed by atoms with van der Waals surface area (Å²) in [6, 6.07) is 4.47. The maximum absolute atomic E-state index is 10.7. The van der Waals surface area contributed by atoms with Gasteiger partial charge in [0.15, 0.2) is 0 Å². The van der Waals surface area contributed by atoms with E-state index in [1.54, 1.807) is 6.07 Å². The van der Waals surface area contributed by atoms with E-state index in [9.17, 15) is 15.2 Å². The molecule has 0 aromatic heterocycles. The van der Waals surface area contributed by atoms with E-state index >= 15 is 0 Å². The van der Waals surface area contributed by atoms with Gasteiger partial charge < -0.3 is 15.2 Å². The van der Waals surface area contributed by atoms with Crippen LogP contribution in [-0.4, -0.2) is 35.3 Å². The summed E-state index contributed by atoms with van der Waals surface area (Å²) in [5.74, 6) is 0.451. The van der Waals surface area contributed by atoms with Gasteiger partial charge in [-0.25, -0.2) is 0 Å². The Bertz CT molecular complexity index is 435. The first kappa shape index (κ1) is 11.8. The molecule has 1 saturated heterocycles. The van der Waals surface area contributed by atoms with Crippen LogP contribution in [0.1, 0.15) is 5.56 Å². The average Bonchev–Trinajstić information content (AvgIpc) is 2.67. The van der Waals surface area contributed by atoms with E-state index in [2.05, 4.69) is 5.32 Å². The molecule has 1 aromatic rings. The molecule has 1 aromatic carbocycles. The quantitative estimate of drug-likeness (QED) is 0.595. The van der Waals surface area contributed by atoms with E-state index in [1.165, 1.54) is 12.1 Å². The van der Waals surface area contributed by atoms with Gasteiger partial charge in [-0.2, -0.15) is 0 Å². The number of aryl methyl sites for hydroxylation is 1. The van der Waals surface area contributed by atoms with Crippen molar-refractivity contribution in [2.75, 3.05) is 13.1 Å². The van der Waals surface area contributed by atoms with Crippen molar-refractivity contribution in [2.45, 2.75) is 19.1 Å². The minimum atomic E-state index is -0.575. The van der Waals surface area contributed by atoms with E-state index in [0.717, 1.165) is 5.56 Å². The summed E-state index contributed by atoms with van der Waals surface area (Å²) >= 11 is 0. The lowest BCUT2D eigenvalue weighted by molar-refractivity contribution is -0.385. The molecule has 1 fully saturated rings. The Labute approximate surface area is 98.4 Å². The number of aliphatic hydroxyl groups is 1. The first-order valence-corrected chi connectivity index (χ1v) is 5.38. The van der Waals surface area contributed by atoms with Crippen LogP contribution in [-0.2, 0) is 0 Å². The summed E-state index contributed by atoms with van der Waals surface area (Å²) in [4.78, 5) is 10.2. The van der Waals surface area contributed by atoms with Gasteiger partial charge in [0, 0.05) is 19.2 Å². The lowest BCUT2D eigenvalue weighted by Gasteiger charge is -2.17. The lowest BCUT2D eigenvalue weighted by atomic mass is 10.2. The molecule has 2 atom stereocenters. The first-order chi connectivity index (χ1) is 8.08. The normalized spacial score (nSPS) is 23.6. The van der Waals surface area contributed by atoms with Crippen LogP contribution < -0.4 is 10.1 Å². The van der Waals surface area contributed by atoms with Crippen molar-refractivity contribution in [3.05, 3.63) is 33.9 Å². The molecule has 0 aliphatic carbocycles. The molecule has 2 unspecified atom stereocenters. The SMILES string of the molecule is Cc1ccc([N+](=O)[O-])cc1OC1CNCC1O. The topological polar surface area (TPSA) is 84.6 Å². The third kappa shape index (κ3) is 2.54. The van der Waals surface area contributed by atoms with Crippen molar-refractivity contribution in [3.63, 3.8) is 0 Å². The lowest BCUT2D eigenvalue weighted by Crippen LogP contribution is -2.30. The van der Waals surface area contributed by atoms with Crippen LogP contribution >= 0.6 is 0 Å². The van der Waals surface area contributed by atoms with Crippen molar-refractivity contribution in [2.24, 2.45) is 0 Å². The van der Waals surface area contributed by atoms with E-state index in [1.807, 2.05) is 6.92 Å². The van der Waals surface area contributed by atoms with Gasteiger partial charge in [0.2, 0.25) is 0 Å². The molecule has 0 spiro atoms. The number of nitro benzene ring substituents is 1. The van der Waals surface area contributed by atoms with Gasteiger partial charge in [-0.3, -0.25) is 10.1 Å². The zero-order valence-corrected chi connectivity index (χ0v) is 9.42. The molecule has 6 nitrogen and oxygen atoms in total. The third-order valence-corrected chi connectivity index (χ3v) is 2.79. The summed E-state index contributed by atoms with van der Waals surface area (Å²) in [6.07, 6.45) is -0.927. The second-order valence-corrected chi connectivity index (χ2v) is 4.09. The number of nitrogens with one attached hydrogen (secondary N) is 1. The number of non-ortho nitro benzene ring substituents is 1. The highest BCUT2D eigenvalue weighted by atomic mass is 16.6. The Morgan fingerprint density at radius 3 is 2.88 bits per heavy atom. The van der Waals surface area contributed by atoms with E-state index < -0.39 is 11.0 Å². The van der Waals surface area contributed by atoms with Crippen molar-refractivity contribution in [1.29, 1.82) is 0 Å². The van der Waals surface area contributed by atoms with Gasteiger partial charge in [0.05, 0.1) is 11.0 Å². The third-order valence-electron chi connectivity index (χ3n) is 2.79. The van der Waals surface area contributed by atoms with Crippen LogP contribution in [0.2, 0.25) is 0 Å². The molecule has 1 heterocycles. The van der Waals surface area contributed by atoms with Crippen LogP contribution in [0.4, 0.5) is 5.69 Å². The molecule has 2 rings (SSSR count). The van der Waals surface area contributed by atoms with Crippen molar-refractivity contribution in [3.8, 4) is 5.75 Å². The molecule has 92 valence electrons. The fraction of sp³-hybridized carbons (Fsp3) is 0.455. The number of benzene rings is 1. The predicted octanol–water partition coefficient (Wildman–Crippen LogP) is 0.615. The number of nitrogens with zero attached hydrogens (tertiary/aromatic N) is 1. The maximum Gasteiger partial charge on any atom is 0.273 e. The Balaban J connectivity index is 2.19. The number of hydrogen-bond acceptors (Lipinski definition) is 5. The fourth-order valence-electron chi connectivity index (χ4n) is 1.75. The Morgan fingerprint density at radius 1 is 1.53 bits per heavy atom. The number of ether oxygens (including phenoxy) is 1. The molecule has 1 aliphatic rings. The summed E-state index contributed by atoms with van der Waals surface area (Å²) in [7, 11) is 0. The monoisotopic (exact) mass is 238 g/mol. The van der Waals surface area contributed by atoms with Gasteiger partial charge in [-0.05, 0) is 18.6 Å². The van der Waals surface area contributed by atoms with Gasteiger partial charge in [0.25, 0.3) is 5.69 Å². The van der Waals surface area contributed by atoms with E-state index in [0.29, 0.717) is 18.8 Å². The Kier molecular flexibility index (Phi) is 3.26. The van der Waals surface area contributed by atoms with E-state index in [-0.39, 0.29) is 11.8 Å². The van der Waals surface area contributed by atoms with Gasteiger partial charge in [-0.15, -0.1) is 0 Å². The van der Waals surface area contributed by atoms with Crippen LogP contribution in [0.25, 0.3) is 0 Å². The van der Waals surface area contributed by atoms with Gasteiger partial charge in [-0.1, -0.05) is 0 Å². The summed E-state index contributed by atoms with van der Waals surface area (Å²) in [6.45, 7) is 2.84. The van der Waals surface area contributed by atoms with Crippen molar-refractivity contribution >= 4 is 5.69 Å². The molecule has 6 heteroatoms. The molecule has 0 amide bonds. The highest BCUT2D eigenvalue weighted by molar-refractivity contribution is 5.43. The standard InChI is InChI=1S/C11H14N2O4/c1-7-2-3-8(13(15)16)4-10(7)17-11-6-12-5-9(11)14/h2-4,9,11-12,14H,5-6H2,1H3. The first-order valence-electron chi connectivity index (χ1n) is 5.38. The van der Waals surface area contributed by atoms with Crippen molar-refractivity contribution < 1.29 is 14.8 Å². The molecule has 17 heavy (non-hydrogen) atoms.